The zero-order valence-corrected chi connectivity index (χ0v) is 27.1. The Morgan fingerprint density at radius 1 is 0.412 bits per heavy atom. The van der Waals surface area contributed by atoms with Crippen LogP contribution in [0.2, 0.25) is 0 Å². The summed E-state index contributed by atoms with van der Waals surface area (Å²) in [5, 5.41) is 3.08. The van der Waals surface area contributed by atoms with Crippen LogP contribution in [0.5, 0.6) is 0 Å². The number of fused-ring (bicyclic) bond motifs is 6. The zero-order valence-electron chi connectivity index (χ0n) is 27.1. The van der Waals surface area contributed by atoms with Crippen molar-refractivity contribution in [3.63, 3.8) is 0 Å². The summed E-state index contributed by atoms with van der Waals surface area (Å²) in [6.45, 7) is 0. The van der Waals surface area contributed by atoms with Crippen LogP contribution in [-0.4, -0.2) is 29.9 Å². The zero-order chi connectivity index (χ0) is 33.7. The van der Waals surface area contributed by atoms with Gasteiger partial charge in [0.05, 0.1) is 5.39 Å². The van der Waals surface area contributed by atoms with Crippen LogP contribution in [0.4, 0.5) is 0 Å². The van der Waals surface area contributed by atoms with E-state index in [0.29, 0.717) is 34.4 Å². The largest absolute Gasteiger partial charge is 0.436 e. The van der Waals surface area contributed by atoms with E-state index >= 15 is 0 Å². The monoisotopic (exact) mass is 654 g/mol. The molecule has 4 aromatic heterocycles. The first-order valence-corrected chi connectivity index (χ1v) is 16.7. The van der Waals surface area contributed by atoms with E-state index < -0.39 is 0 Å². The van der Waals surface area contributed by atoms with Crippen molar-refractivity contribution in [3.05, 3.63) is 158 Å². The van der Waals surface area contributed by atoms with Gasteiger partial charge in [-0.1, -0.05) is 127 Å². The molecule has 0 bridgehead atoms. The summed E-state index contributed by atoms with van der Waals surface area (Å²) >= 11 is 0. The highest BCUT2D eigenvalue weighted by Crippen LogP contribution is 2.36. The first-order valence-electron chi connectivity index (χ1n) is 16.7. The Morgan fingerprint density at radius 2 is 0.961 bits per heavy atom. The Hall–Kier alpha value is -7.12. The molecule has 0 aliphatic heterocycles. The maximum atomic E-state index is 6.12. The minimum absolute atomic E-state index is 0.513. The van der Waals surface area contributed by atoms with Crippen LogP contribution in [-0.2, 0) is 0 Å². The van der Waals surface area contributed by atoms with Crippen molar-refractivity contribution < 1.29 is 4.42 Å². The standard InChI is InChI=1S/C44H26N6O/c1-3-8-27(9-4-1)28-13-17-31(18-14-28)41-48-40(30-10-5-2-6-11-30)49-42(50-41)32-19-15-29(16-20-32)33-21-23-35-34(26-33)22-24-37-38(35)39-44(51-37)46-36-12-7-25-45-43(36)47-39/h1-26H. The van der Waals surface area contributed by atoms with E-state index in [-0.39, 0.29) is 0 Å². The molecule has 0 aliphatic rings. The van der Waals surface area contributed by atoms with Gasteiger partial charge < -0.3 is 4.42 Å². The van der Waals surface area contributed by atoms with Crippen molar-refractivity contribution in [1.29, 1.82) is 0 Å². The van der Waals surface area contributed by atoms with Gasteiger partial charge in [-0.05, 0) is 57.3 Å². The second kappa shape index (κ2) is 11.8. The number of hydrogen-bond acceptors (Lipinski definition) is 7. The topological polar surface area (TPSA) is 90.5 Å². The van der Waals surface area contributed by atoms with Gasteiger partial charge in [0.2, 0.25) is 5.71 Å². The van der Waals surface area contributed by atoms with Gasteiger partial charge in [-0.15, -0.1) is 0 Å². The molecule has 0 N–H and O–H groups in total. The number of furan rings is 1. The molecule has 4 heterocycles. The lowest BCUT2D eigenvalue weighted by atomic mass is 9.98. The summed E-state index contributed by atoms with van der Waals surface area (Å²) in [6, 6.07) is 51.4. The van der Waals surface area contributed by atoms with Crippen LogP contribution in [0, 0.1) is 0 Å². The van der Waals surface area contributed by atoms with Crippen LogP contribution in [0.3, 0.4) is 0 Å². The highest BCUT2D eigenvalue weighted by molar-refractivity contribution is 6.18. The molecular formula is C44H26N6O. The summed E-state index contributed by atoms with van der Waals surface area (Å²) in [5.74, 6) is 1.88. The Labute approximate surface area is 292 Å². The molecule has 238 valence electrons. The van der Waals surface area contributed by atoms with Crippen LogP contribution < -0.4 is 0 Å². The molecule has 6 aromatic carbocycles. The smallest absolute Gasteiger partial charge is 0.247 e. The number of hydrogen-bond donors (Lipinski definition) is 0. The van der Waals surface area contributed by atoms with Gasteiger partial charge in [0.15, 0.2) is 23.1 Å². The van der Waals surface area contributed by atoms with Crippen molar-refractivity contribution >= 4 is 44.1 Å². The fraction of sp³-hybridized carbons (Fsp3) is 0. The summed E-state index contributed by atoms with van der Waals surface area (Å²) < 4.78 is 6.12. The predicted octanol–water partition coefficient (Wildman–Crippen LogP) is 10.6. The molecule has 51 heavy (non-hydrogen) atoms. The number of benzene rings is 6. The van der Waals surface area contributed by atoms with Gasteiger partial charge in [-0.3, -0.25) is 0 Å². The van der Waals surface area contributed by atoms with E-state index in [1.165, 1.54) is 5.56 Å². The fourth-order valence-electron chi connectivity index (χ4n) is 6.64. The minimum Gasteiger partial charge on any atom is -0.436 e. The van der Waals surface area contributed by atoms with Crippen molar-refractivity contribution in [2.75, 3.05) is 0 Å². The second-order valence-corrected chi connectivity index (χ2v) is 12.4. The number of nitrogens with zero attached hydrogens (tertiary/aromatic N) is 6. The van der Waals surface area contributed by atoms with Crippen molar-refractivity contribution in [2.45, 2.75) is 0 Å². The van der Waals surface area contributed by atoms with Gasteiger partial charge in [0.1, 0.15) is 16.6 Å². The summed E-state index contributed by atoms with van der Waals surface area (Å²) in [6.07, 6.45) is 1.73. The van der Waals surface area contributed by atoms with Gasteiger partial charge >= 0.3 is 0 Å². The van der Waals surface area contributed by atoms with Crippen LogP contribution in [0.25, 0.3) is 101 Å². The molecule has 0 atom stereocenters. The van der Waals surface area contributed by atoms with Crippen molar-refractivity contribution in [3.8, 4) is 56.4 Å². The average molecular weight is 655 g/mol. The van der Waals surface area contributed by atoms with Crippen molar-refractivity contribution in [1.82, 2.24) is 29.9 Å². The van der Waals surface area contributed by atoms with Gasteiger partial charge in [0.25, 0.3) is 0 Å². The third kappa shape index (κ3) is 5.16. The third-order valence-corrected chi connectivity index (χ3v) is 9.23. The normalized spacial score (nSPS) is 11.5. The van der Waals surface area contributed by atoms with E-state index in [9.17, 15) is 0 Å². The Bertz CT molecular complexity index is 2890. The lowest BCUT2D eigenvalue weighted by Gasteiger charge is -2.10. The lowest BCUT2D eigenvalue weighted by Crippen LogP contribution is -2.00. The average Bonchev–Trinajstić information content (AvgIpc) is 3.58. The number of aromatic nitrogens is 6. The molecule has 0 unspecified atom stereocenters. The van der Waals surface area contributed by atoms with Crippen LogP contribution in [0.1, 0.15) is 0 Å². The lowest BCUT2D eigenvalue weighted by molar-refractivity contribution is 0.655. The van der Waals surface area contributed by atoms with E-state index in [0.717, 1.165) is 60.6 Å². The first kappa shape index (κ1) is 28.9. The number of pyridine rings is 1. The maximum absolute atomic E-state index is 6.12. The molecule has 0 fully saturated rings. The van der Waals surface area contributed by atoms with E-state index in [4.69, 9.17) is 24.4 Å². The molecule has 7 heteroatoms. The Balaban J connectivity index is 1.02. The molecule has 0 saturated heterocycles. The molecule has 10 aromatic rings. The third-order valence-electron chi connectivity index (χ3n) is 9.23. The van der Waals surface area contributed by atoms with Crippen molar-refractivity contribution in [2.24, 2.45) is 0 Å². The molecule has 0 aliphatic carbocycles. The van der Waals surface area contributed by atoms with E-state index in [1.807, 2.05) is 66.7 Å². The fourth-order valence-corrected chi connectivity index (χ4v) is 6.64. The molecule has 10 rings (SSSR count). The van der Waals surface area contributed by atoms with Crippen LogP contribution >= 0.6 is 0 Å². The molecule has 0 radical (unpaired) electrons. The summed E-state index contributed by atoms with van der Waals surface area (Å²) in [7, 11) is 0. The quantitative estimate of drug-likeness (QED) is 0.182. The molecule has 0 spiro atoms. The first-order chi connectivity index (χ1) is 25.2. The highest BCUT2D eigenvalue weighted by Gasteiger charge is 2.16. The highest BCUT2D eigenvalue weighted by atomic mass is 16.3. The van der Waals surface area contributed by atoms with E-state index in [1.54, 1.807) is 6.20 Å². The predicted molar refractivity (Wildman–Crippen MR) is 203 cm³/mol. The Kier molecular flexibility index (Phi) is 6.67. The molecule has 0 amide bonds. The van der Waals surface area contributed by atoms with Gasteiger partial charge in [-0.25, -0.2) is 29.9 Å². The van der Waals surface area contributed by atoms with E-state index in [2.05, 4.69) is 94.9 Å². The minimum atomic E-state index is 0.513. The molecule has 7 nitrogen and oxygen atoms in total. The summed E-state index contributed by atoms with van der Waals surface area (Å²) in [5.41, 5.74) is 10.6. The summed E-state index contributed by atoms with van der Waals surface area (Å²) in [4.78, 5) is 28.7. The van der Waals surface area contributed by atoms with Crippen LogP contribution in [0.15, 0.2) is 162 Å². The maximum Gasteiger partial charge on any atom is 0.247 e. The number of rotatable bonds is 5. The van der Waals surface area contributed by atoms with Gasteiger partial charge in [-0.2, -0.15) is 0 Å². The Morgan fingerprint density at radius 3 is 1.63 bits per heavy atom. The molecule has 0 saturated carbocycles. The second-order valence-electron chi connectivity index (χ2n) is 12.4. The SMILES string of the molecule is c1ccc(-c2ccc(-c3nc(-c4ccccc4)nc(-c4ccc(-c5ccc6c(ccc7oc8nc9cccnc9nc8c76)c5)cc4)n3)cc2)cc1. The molecular weight excluding hydrogens is 629 g/mol. The van der Waals surface area contributed by atoms with Gasteiger partial charge in [0, 0.05) is 22.9 Å².